The molecule has 0 unspecified atom stereocenters. The van der Waals surface area contributed by atoms with Crippen LogP contribution in [0.5, 0.6) is 0 Å². The first-order valence-corrected chi connectivity index (χ1v) is 8.37. The highest BCUT2D eigenvalue weighted by atomic mass is 79.9. The third-order valence-corrected chi connectivity index (χ3v) is 4.11. The number of rotatable bonds is 7. The molecule has 1 nitrogen and oxygen atoms in total. The Kier molecular flexibility index (Phi) is 6.93. The highest BCUT2D eigenvalue weighted by Gasteiger charge is 2.23. The van der Waals surface area contributed by atoms with Crippen molar-refractivity contribution in [3.63, 3.8) is 0 Å². The fourth-order valence-corrected chi connectivity index (χ4v) is 2.84. The van der Waals surface area contributed by atoms with Crippen LogP contribution >= 0.6 is 15.9 Å². The SMILES string of the molecule is CCC(CC)N(CC(C)C)c1c(F)cc(CBr)cc1F. The van der Waals surface area contributed by atoms with Gasteiger partial charge < -0.3 is 4.90 Å². The summed E-state index contributed by atoms with van der Waals surface area (Å²) in [5.41, 5.74) is 0.745. The van der Waals surface area contributed by atoms with Crippen molar-refractivity contribution in [2.24, 2.45) is 5.92 Å². The first kappa shape index (κ1) is 17.4. The summed E-state index contributed by atoms with van der Waals surface area (Å²) in [6, 6.07) is 3.00. The van der Waals surface area contributed by atoms with Crippen molar-refractivity contribution in [2.45, 2.75) is 51.9 Å². The third kappa shape index (κ3) is 4.18. The number of alkyl halides is 1. The quantitative estimate of drug-likeness (QED) is 0.587. The van der Waals surface area contributed by atoms with E-state index in [1.54, 1.807) is 0 Å². The van der Waals surface area contributed by atoms with Gasteiger partial charge in [0.05, 0.1) is 0 Å². The molecule has 4 heteroatoms. The number of nitrogens with zero attached hydrogens (tertiary/aromatic N) is 1. The molecule has 0 amide bonds. The van der Waals surface area contributed by atoms with Crippen LogP contribution in [0, 0.1) is 17.6 Å². The molecule has 0 aliphatic carbocycles. The summed E-state index contributed by atoms with van der Waals surface area (Å²) in [6.45, 7) is 8.91. The Labute approximate surface area is 129 Å². The summed E-state index contributed by atoms with van der Waals surface area (Å²) in [7, 11) is 0. The Hall–Kier alpha value is -0.640. The molecule has 1 aromatic rings. The topological polar surface area (TPSA) is 3.24 Å². The molecule has 0 fully saturated rings. The van der Waals surface area contributed by atoms with Crippen LogP contribution in [0.3, 0.4) is 0 Å². The van der Waals surface area contributed by atoms with Gasteiger partial charge in [-0.3, -0.25) is 0 Å². The molecule has 0 radical (unpaired) electrons. The van der Waals surface area contributed by atoms with E-state index in [9.17, 15) is 8.78 Å². The van der Waals surface area contributed by atoms with E-state index in [2.05, 4.69) is 43.6 Å². The lowest BCUT2D eigenvalue weighted by molar-refractivity contribution is 0.480. The maximum atomic E-state index is 14.3. The average Bonchev–Trinajstić information content (AvgIpc) is 2.38. The largest absolute Gasteiger partial charge is 0.364 e. The van der Waals surface area contributed by atoms with E-state index in [0.717, 1.165) is 12.8 Å². The first-order chi connectivity index (χ1) is 9.44. The van der Waals surface area contributed by atoms with Crippen molar-refractivity contribution in [1.29, 1.82) is 0 Å². The van der Waals surface area contributed by atoms with E-state index < -0.39 is 11.6 Å². The Morgan fingerprint density at radius 1 is 1.10 bits per heavy atom. The molecule has 0 heterocycles. The van der Waals surface area contributed by atoms with Crippen LogP contribution in [0.15, 0.2) is 12.1 Å². The summed E-state index contributed by atoms with van der Waals surface area (Å²) >= 11 is 3.24. The molecule has 0 aliphatic heterocycles. The zero-order valence-electron chi connectivity index (χ0n) is 12.7. The second-order valence-electron chi connectivity index (χ2n) is 5.56. The lowest BCUT2D eigenvalue weighted by atomic mass is 10.0. The zero-order valence-corrected chi connectivity index (χ0v) is 14.3. The molecule has 0 atom stereocenters. The maximum Gasteiger partial charge on any atom is 0.149 e. The van der Waals surface area contributed by atoms with E-state index in [4.69, 9.17) is 0 Å². The lowest BCUT2D eigenvalue weighted by Gasteiger charge is -2.34. The van der Waals surface area contributed by atoms with Crippen LogP contribution < -0.4 is 4.90 Å². The van der Waals surface area contributed by atoms with Crippen LogP contribution in [0.1, 0.15) is 46.1 Å². The fraction of sp³-hybridized carbons (Fsp3) is 0.625. The van der Waals surface area contributed by atoms with Gasteiger partial charge in [0, 0.05) is 17.9 Å². The zero-order chi connectivity index (χ0) is 15.3. The predicted octanol–water partition coefficient (Wildman–Crippen LogP) is 5.51. The fourth-order valence-electron chi connectivity index (χ4n) is 2.52. The highest BCUT2D eigenvalue weighted by Crippen LogP contribution is 2.30. The van der Waals surface area contributed by atoms with Crippen LogP contribution in [-0.2, 0) is 5.33 Å². The van der Waals surface area contributed by atoms with Gasteiger partial charge in [0.1, 0.15) is 17.3 Å². The maximum absolute atomic E-state index is 14.3. The Morgan fingerprint density at radius 2 is 1.60 bits per heavy atom. The molecule has 0 spiro atoms. The molecule has 0 aliphatic rings. The summed E-state index contributed by atoms with van der Waals surface area (Å²) in [6.07, 6.45) is 1.75. The van der Waals surface area contributed by atoms with Gasteiger partial charge >= 0.3 is 0 Å². The number of anilines is 1. The van der Waals surface area contributed by atoms with Gasteiger partial charge in [0.15, 0.2) is 0 Å². The normalized spacial score (nSPS) is 11.4. The van der Waals surface area contributed by atoms with Crippen LogP contribution in [0.2, 0.25) is 0 Å². The standard InChI is InChI=1S/C16H24BrF2N/c1-5-13(6-2)20(10-11(3)4)16-14(18)7-12(9-17)8-15(16)19/h7-8,11,13H,5-6,9-10H2,1-4H3. The summed E-state index contributed by atoms with van der Waals surface area (Å²) in [5, 5.41) is 0.455. The van der Waals surface area contributed by atoms with Gasteiger partial charge in [-0.05, 0) is 36.5 Å². The van der Waals surface area contributed by atoms with Crippen LogP contribution in [0.25, 0.3) is 0 Å². The van der Waals surface area contributed by atoms with Gasteiger partial charge in [-0.1, -0.05) is 43.6 Å². The van der Waals surface area contributed by atoms with Gasteiger partial charge in [-0.2, -0.15) is 0 Å². The number of hydrogen-bond acceptors (Lipinski definition) is 1. The molecular formula is C16H24BrF2N. The number of benzene rings is 1. The molecular weight excluding hydrogens is 324 g/mol. The van der Waals surface area contributed by atoms with E-state index in [1.165, 1.54) is 12.1 Å². The van der Waals surface area contributed by atoms with Crippen LogP contribution in [0.4, 0.5) is 14.5 Å². The summed E-state index contributed by atoms with van der Waals surface area (Å²) < 4.78 is 28.7. The highest BCUT2D eigenvalue weighted by molar-refractivity contribution is 9.08. The van der Waals surface area contributed by atoms with Gasteiger partial charge in [-0.25, -0.2) is 8.78 Å². The Bertz CT molecular complexity index is 407. The molecule has 0 aromatic heterocycles. The molecule has 0 saturated heterocycles. The summed E-state index contributed by atoms with van der Waals surface area (Å²) in [5.74, 6) is -0.579. The van der Waals surface area contributed by atoms with Gasteiger partial charge in [0.2, 0.25) is 0 Å². The smallest absolute Gasteiger partial charge is 0.149 e. The minimum Gasteiger partial charge on any atom is -0.364 e. The van der Waals surface area contributed by atoms with Crippen molar-refractivity contribution in [3.8, 4) is 0 Å². The van der Waals surface area contributed by atoms with E-state index >= 15 is 0 Å². The van der Waals surface area contributed by atoms with Crippen molar-refractivity contribution in [1.82, 2.24) is 0 Å². The lowest BCUT2D eigenvalue weighted by Crippen LogP contribution is -2.38. The Morgan fingerprint density at radius 3 is 1.95 bits per heavy atom. The first-order valence-electron chi connectivity index (χ1n) is 7.25. The van der Waals surface area contributed by atoms with Crippen molar-refractivity contribution < 1.29 is 8.78 Å². The van der Waals surface area contributed by atoms with E-state index in [-0.39, 0.29) is 11.7 Å². The van der Waals surface area contributed by atoms with Gasteiger partial charge in [-0.15, -0.1) is 0 Å². The van der Waals surface area contributed by atoms with Gasteiger partial charge in [0.25, 0.3) is 0 Å². The molecule has 0 bridgehead atoms. The Balaban J connectivity index is 3.25. The average molecular weight is 348 g/mol. The molecule has 1 aromatic carbocycles. The number of halogens is 3. The molecule has 114 valence electrons. The van der Waals surface area contributed by atoms with Crippen molar-refractivity contribution >= 4 is 21.6 Å². The van der Waals surface area contributed by atoms with Crippen molar-refractivity contribution in [3.05, 3.63) is 29.3 Å². The number of hydrogen-bond donors (Lipinski definition) is 0. The second-order valence-corrected chi connectivity index (χ2v) is 6.12. The molecule has 0 N–H and O–H groups in total. The molecule has 0 saturated carbocycles. The van der Waals surface area contributed by atoms with E-state index in [1.807, 2.05) is 4.90 Å². The van der Waals surface area contributed by atoms with Crippen LogP contribution in [-0.4, -0.2) is 12.6 Å². The van der Waals surface area contributed by atoms with Crippen molar-refractivity contribution in [2.75, 3.05) is 11.4 Å². The minimum atomic E-state index is -0.466. The third-order valence-electron chi connectivity index (χ3n) is 3.46. The summed E-state index contributed by atoms with van der Waals surface area (Å²) in [4.78, 5) is 1.90. The minimum absolute atomic E-state index is 0.122. The molecule has 1 rings (SSSR count). The predicted molar refractivity (Wildman–Crippen MR) is 85.5 cm³/mol. The van der Waals surface area contributed by atoms with E-state index in [0.29, 0.717) is 23.4 Å². The molecule has 20 heavy (non-hydrogen) atoms. The monoisotopic (exact) mass is 347 g/mol. The second kappa shape index (κ2) is 7.96.